The van der Waals surface area contributed by atoms with Crippen molar-refractivity contribution >= 4 is 23.6 Å². The number of carbonyl (C=O) groups excluding carboxylic acids is 2. The second-order valence-corrected chi connectivity index (χ2v) is 4.33. The summed E-state index contributed by atoms with van der Waals surface area (Å²) >= 11 is 1.35. The molecule has 1 aliphatic rings. The van der Waals surface area contributed by atoms with Crippen LogP contribution in [0.4, 0.5) is 0 Å². The molecule has 0 aliphatic carbocycles. The van der Waals surface area contributed by atoms with Gasteiger partial charge in [0.2, 0.25) is 5.91 Å². The first-order valence-electron chi connectivity index (χ1n) is 4.81. The van der Waals surface area contributed by atoms with Gasteiger partial charge in [-0.15, -0.1) is 0 Å². The fraction of sp³-hybridized carbons (Fsp3) is 0.400. The van der Waals surface area contributed by atoms with Crippen LogP contribution >= 0.6 is 11.8 Å². The summed E-state index contributed by atoms with van der Waals surface area (Å²) in [6, 6.07) is 0. The normalized spacial score (nSPS) is 17.5. The number of carbonyl (C=O) groups is 2. The molecule has 0 aromatic heterocycles. The molecule has 88 valence electrons. The fourth-order valence-corrected chi connectivity index (χ4v) is 2.23. The number of esters is 1. The average molecular weight is 242 g/mol. The lowest BCUT2D eigenvalue weighted by molar-refractivity contribution is -0.137. The molecule has 0 radical (unpaired) electrons. The van der Waals surface area contributed by atoms with Gasteiger partial charge in [0, 0.05) is 18.2 Å². The van der Waals surface area contributed by atoms with E-state index >= 15 is 0 Å². The first kappa shape index (κ1) is 12.6. The minimum atomic E-state index is -0.385. The van der Waals surface area contributed by atoms with Crippen LogP contribution in [0.3, 0.4) is 0 Å². The lowest BCUT2D eigenvalue weighted by atomic mass is 10.4. The molecule has 0 aromatic carbocycles. The van der Waals surface area contributed by atoms with Crippen LogP contribution in [0.25, 0.3) is 0 Å². The summed E-state index contributed by atoms with van der Waals surface area (Å²) in [5.41, 5.74) is 5.09. The van der Waals surface area contributed by atoms with E-state index < -0.39 is 0 Å². The van der Waals surface area contributed by atoms with E-state index in [4.69, 9.17) is 10.5 Å². The molecular weight excluding hydrogens is 228 g/mol. The number of rotatable bonds is 4. The molecule has 1 amide bonds. The van der Waals surface area contributed by atoms with Gasteiger partial charge in [-0.3, -0.25) is 4.79 Å². The molecule has 0 saturated heterocycles. The fourth-order valence-electron chi connectivity index (χ4n) is 1.18. The second kappa shape index (κ2) is 5.60. The SMILES string of the molecule is CCOC(=O)/C=C1\SC(CC(N)=O)=CN1C. The van der Waals surface area contributed by atoms with Crippen molar-refractivity contribution in [1.29, 1.82) is 0 Å². The molecule has 1 rings (SSSR count). The molecule has 0 atom stereocenters. The van der Waals surface area contributed by atoms with Gasteiger partial charge in [-0.05, 0) is 6.92 Å². The third-order valence-corrected chi connectivity index (χ3v) is 2.92. The summed E-state index contributed by atoms with van der Waals surface area (Å²) < 4.78 is 4.80. The highest BCUT2D eigenvalue weighted by atomic mass is 32.2. The van der Waals surface area contributed by atoms with E-state index in [1.807, 2.05) is 0 Å². The van der Waals surface area contributed by atoms with E-state index in [2.05, 4.69) is 0 Å². The Kier molecular flexibility index (Phi) is 4.42. The van der Waals surface area contributed by atoms with Crippen molar-refractivity contribution < 1.29 is 14.3 Å². The van der Waals surface area contributed by atoms with Crippen molar-refractivity contribution in [2.45, 2.75) is 13.3 Å². The van der Waals surface area contributed by atoms with Gasteiger partial charge in [-0.1, -0.05) is 11.8 Å². The highest BCUT2D eigenvalue weighted by molar-refractivity contribution is 8.06. The van der Waals surface area contributed by atoms with Crippen molar-refractivity contribution in [3.8, 4) is 0 Å². The van der Waals surface area contributed by atoms with Gasteiger partial charge in [-0.2, -0.15) is 0 Å². The first-order valence-corrected chi connectivity index (χ1v) is 5.62. The topological polar surface area (TPSA) is 72.6 Å². The van der Waals surface area contributed by atoms with Crippen LogP contribution in [0.2, 0.25) is 0 Å². The lowest BCUT2D eigenvalue weighted by Gasteiger charge is -2.08. The molecule has 0 fully saturated rings. The van der Waals surface area contributed by atoms with Gasteiger partial charge >= 0.3 is 5.97 Å². The Morgan fingerprint density at radius 1 is 1.62 bits per heavy atom. The molecule has 1 aliphatic heterocycles. The molecule has 1 heterocycles. The number of nitrogens with two attached hydrogens (primary N) is 1. The Balaban J connectivity index is 2.62. The summed E-state index contributed by atoms with van der Waals surface area (Å²) in [6.07, 6.45) is 3.37. The first-order chi connectivity index (χ1) is 7.52. The lowest BCUT2D eigenvalue weighted by Crippen LogP contribution is -2.09. The smallest absolute Gasteiger partial charge is 0.333 e. The minimum absolute atomic E-state index is 0.190. The predicted octanol–water partition coefficient (Wildman–Crippen LogP) is 0.786. The molecule has 6 heteroatoms. The number of ether oxygens (including phenoxy) is 1. The van der Waals surface area contributed by atoms with Gasteiger partial charge in [0.25, 0.3) is 0 Å². The Labute approximate surface area is 98.3 Å². The standard InChI is InChI=1S/C10H14N2O3S/c1-3-15-10(14)5-9-12(2)6-7(16-9)4-8(11)13/h5-6H,3-4H2,1-2H3,(H2,11,13)/b9-5-. The molecule has 0 unspecified atom stereocenters. The molecule has 0 saturated carbocycles. The van der Waals surface area contributed by atoms with Crippen LogP contribution < -0.4 is 5.73 Å². The van der Waals surface area contributed by atoms with E-state index in [0.717, 1.165) is 9.93 Å². The molecule has 5 nitrogen and oxygen atoms in total. The van der Waals surface area contributed by atoms with Crippen molar-refractivity contribution in [3.05, 3.63) is 22.2 Å². The summed E-state index contributed by atoms with van der Waals surface area (Å²) in [7, 11) is 1.80. The van der Waals surface area contributed by atoms with Crippen molar-refractivity contribution in [2.75, 3.05) is 13.7 Å². The summed E-state index contributed by atoms with van der Waals surface area (Å²) in [5, 5.41) is 0.731. The maximum Gasteiger partial charge on any atom is 0.333 e. The van der Waals surface area contributed by atoms with Crippen LogP contribution in [-0.2, 0) is 14.3 Å². The van der Waals surface area contributed by atoms with Crippen LogP contribution in [0.5, 0.6) is 0 Å². The quantitative estimate of drug-likeness (QED) is 0.582. The number of nitrogens with zero attached hydrogens (tertiary/aromatic N) is 1. The van der Waals surface area contributed by atoms with Gasteiger partial charge in [0.1, 0.15) is 0 Å². The number of primary amides is 1. The second-order valence-electron chi connectivity index (χ2n) is 3.19. The van der Waals surface area contributed by atoms with Gasteiger partial charge < -0.3 is 15.4 Å². The highest BCUT2D eigenvalue weighted by Crippen LogP contribution is 2.36. The van der Waals surface area contributed by atoms with Crippen LogP contribution in [0.15, 0.2) is 22.2 Å². The molecule has 0 bridgehead atoms. The van der Waals surface area contributed by atoms with Crippen LogP contribution in [-0.4, -0.2) is 30.4 Å². The Bertz CT molecular complexity index is 363. The third-order valence-electron chi connectivity index (χ3n) is 1.80. The highest BCUT2D eigenvalue weighted by Gasteiger charge is 2.18. The maximum absolute atomic E-state index is 11.2. The Morgan fingerprint density at radius 3 is 2.88 bits per heavy atom. The van der Waals surface area contributed by atoms with Gasteiger partial charge in [0.05, 0.1) is 24.1 Å². The Morgan fingerprint density at radius 2 is 2.31 bits per heavy atom. The summed E-state index contributed by atoms with van der Waals surface area (Å²) in [4.78, 5) is 24.5. The summed E-state index contributed by atoms with van der Waals surface area (Å²) in [6.45, 7) is 2.09. The van der Waals surface area contributed by atoms with Crippen LogP contribution in [0, 0.1) is 0 Å². The minimum Gasteiger partial charge on any atom is -0.463 e. The zero-order valence-electron chi connectivity index (χ0n) is 9.23. The largest absolute Gasteiger partial charge is 0.463 e. The predicted molar refractivity (Wildman–Crippen MR) is 62.0 cm³/mol. The molecule has 0 aromatic rings. The number of thioether (sulfide) groups is 1. The van der Waals surface area contributed by atoms with Gasteiger partial charge in [0.15, 0.2) is 0 Å². The van der Waals surface area contributed by atoms with Crippen molar-refractivity contribution in [3.63, 3.8) is 0 Å². The monoisotopic (exact) mass is 242 g/mol. The molecule has 0 spiro atoms. The zero-order valence-corrected chi connectivity index (χ0v) is 10.0. The number of hydrogen-bond acceptors (Lipinski definition) is 5. The number of hydrogen-bond donors (Lipinski definition) is 1. The maximum atomic E-state index is 11.2. The molecular formula is C10H14N2O3S. The van der Waals surface area contributed by atoms with Crippen LogP contribution in [0.1, 0.15) is 13.3 Å². The van der Waals surface area contributed by atoms with E-state index in [1.54, 1.807) is 25.1 Å². The Hall–Kier alpha value is -1.43. The summed E-state index contributed by atoms with van der Waals surface area (Å²) in [5.74, 6) is -0.768. The van der Waals surface area contributed by atoms with E-state index in [1.165, 1.54) is 17.8 Å². The van der Waals surface area contributed by atoms with Gasteiger partial charge in [-0.25, -0.2) is 4.79 Å². The molecule has 2 N–H and O–H groups in total. The van der Waals surface area contributed by atoms with E-state index in [0.29, 0.717) is 6.61 Å². The third kappa shape index (κ3) is 3.62. The number of amides is 1. The zero-order chi connectivity index (χ0) is 12.1. The van der Waals surface area contributed by atoms with Crippen molar-refractivity contribution in [2.24, 2.45) is 5.73 Å². The van der Waals surface area contributed by atoms with E-state index in [9.17, 15) is 9.59 Å². The van der Waals surface area contributed by atoms with Crippen molar-refractivity contribution in [1.82, 2.24) is 4.90 Å². The average Bonchev–Trinajstić information content (AvgIpc) is 2.45. The van der Waals surface area contributed by atoms with E-state index in [-0.39, 0.29) is 18.3 Å². The molecule has 16 heavy (non-hydrogen) atoms.